The number of benzene rings is 1. The zero-order chi connectivity index (χ0) is 14.3. The maximum atomic E-state index is 12.3. The van der Waals surface area contributed by atoms with Crippen LogP contribution in [0, 0.1) is 20.8 Å². The fourth-order valence-electron chi connectivity index (χ4n) is 2.34. The highest BCUT2D eigenvalue weighted by molar-refractivity contribution is 5.95. The van der Waals surface area contributed by atoms with Gasteiger partial charge in [0.25, 0.3) is 5.91 Å². The first-order valence-electron chi connectivity index (χ1n) is 6.71. The standard InChI is InChI=1S/C15H17N3O2/c1-9-4-5-12(6-10(9)2)15(19)18-7-13(8-18)14-16-11(3)17-20-14/h4-6,13H,7-8H2,1-3H3. The highest BCUT2D eigenvalue weighted by atomic mass is 16.5. The summed E-state index contributed by atoms with van der Waals surface area (Å²) in [5.74, 6) is 1.51. The van der Waals surface area contributed by atoms with Crippen molar-refractivity contribution in [3.63, 3.8) is 0 Å². The number of amides is 1. The first-order chi connectivity index (χ1) is 9.54. The lowest BCUT2D eigenvalue weighted by atomic mass is 9.98. The Morgan fingerprint density at radius 3 is 2.60 bits per heavy atom. The fraction of sp³-hybridized carbons (Fsp3) is 0.400. The summed E-state index contributed by atoms with van der Waals surface area (Å²) in [5, 5.41) is 3.78. The maximum absolute atomic E-state index is 12.3. The van der Waals surface area contributed by atoms with Crippen LogP contribution < -0.4 is 0 Å². The van der Waals surface area contributed by atoms with Gasteiger partial charge in [-0.2, -0.15) is 4.98 Å². The minimum absolute atomic E-state index is 0.0700. The van der Waals surface area contributed by atoms with Crippen LogP contribution in [0.4, 0.5) is 0 Å². The number of carbonyl (C=O) groups is 1. The molecule has 0 radical (unpaired) electrons. The van der Waals surface area contributed by atoms with Crippen molar-refractivity contribution in [1.29, 1.82) is 0 Å². The lowest BCUT2D eigenvalue weighted by molar-refractivity contribution is 0.0569. The largest absolute Gasteiger partial charge is 0.339 e. The lowest BCUT2D eigenvalue weighted by Crippen LogP contribution is -2.48. The third-order valence-corrected chi connectivity index (χ3v) is 3.82. The Bertz CT molecular complexity index is 657. The van der Waals surface area contributed by atoms with Crippen LogP contribution in [-0.4, -0.2) is 34.0 Å². The predicted molar refractivity (Wildman–Crippen MR) is 73.6 cm³/mol. The molecule has 0 saturated carbocycles. The molecule has 1 fully saturated rings. The van der Waals surface area contributed by atoms with Gasteiger partial charge in [0, 0.05) is 18.7 Å². The van der Waals surface area contributed by atoms with E-state index in [1.807, 2.05) is 36.9 Å². The Labute approximate surface area is 117 Å². The van der Waals surface area contributed by atoms with Gasteiger partial charge in [-0.3, -0.25) is 4.79 Å². The van der Waals surface area contributed by atoms with E-state index in [-0.39, 0.29) is 11.8 Å². The molecule has 104 valence electrons. The van der Waals surface area contributed by atoms with E-state index in [1.165, 1.54) is 5.56 Å². The average Bonchev–Trinajstić information content (AvgIpc) is 2.77. The third-order valence-electron chi connectivity index (χ3n) is 3.82. The van der Waals surface area contributed by atoms with Gasteiger partial charge in [-0.05, 0) is 44.0 Å². The molecule has 2 aromatic rings. The highest BCUT2D eigenvalue weighted by Crippen LogP contribution is 2.27. The second-order valence-corrected chi connectivity index (χ2v) is 5.39. The van der Waals surface area contributed by atoms with Crippen molar-refractivity contribution in [2.45, 2.75) is 26.7 Å². The van der Waals surface area contributed by atoms with Crippen molar-refractivity contribution in [2.24, 2.45) is 0 Å². The van der Waals surface area contributed by atoms with E-state index < -0.39 is 0 Å². The molecule has 1 aliphatic heterocycles. The first-order valence-corrected chi connectivity index (χ1v) is 6.71. The Morgan fingerprint density at radius 2 is 2.00 bits per heavy atom. The molecule has 0 spiro atoms. The van der Waals surface area contributed by atoms with Crippen LogP contribution in [0.25, 0.3) is 0 Å². The molecule has 0 N–H and O–H groups in total. The molecular formula is C15H17N3O2. The zero-order valence-corrected chi connectivity index (χ0v) is 11.9. The number of nitrogens with zero attached hydrogens (tertiary/aromatic N) is 3. The SMILES string of the molecule is Cc1noc(C2CN(C(=O)c3ccc(C)c(C)c3)C2)n1. The average molecular weight is 271 g/mol. The van der Waals surface area contributed by atoms with Crippen LogP contribution in [0.2, 0.25) is 0 Å². The molecule has 1 amide bonds. The second kappa shape index (κ2) is 4.74. The van der Waals surface area contributed by atoms with Crippen LogP contribution in [0.15, 0.2) is 22.7 Å². The van der Waals surface area contributed by atoms with Crippen LogP contribution in [0.3, 0.4) is 0 Å². The van der Waals surface area contributed by atoms with Crippen molar-refractivity contribution in [2.75, 3.05) is 13.1 Å². The van der Waals surface area contributed by atoms with Gasteiger partial charge in [0.15, 0.2) is 5.82 Å². The van der Waals surface area contributed by atoms with E-state index in [1.54, 1.807) is 6.92 Å². The second-order valence-electron chi connectivity index (χ2n) is 5.39. The normalized spacial score (nSPS) is 15.2. The van der Waals surface area contributed by atoms with Crippen molar-refractivity contribution in [3.05, 3.63) is 46.6 Å². The molecule has 20 heavy (non-hydrogen) atoms. The van der Waals surface area contributed by atoms with E-state index in [4.69, 9.17) is 4.52 Å². The van der Waals surface area contributed by atoms with E-state index in [9.17, 15) is 4.79 Å². The minimum atomic E-state index is 0.0700. The Balaban J connectivity index is 1.67. The Kier molecular flexibility index (Phi) is 3.04. The molecule has 5 heteroatoms. The summed E-state index contributed by atoms with van der Waals surface area (Å²) >= 11 is 0. The van der Waals surface area contributed by atoms with Gasteiger partial charge in [0.1, 0.15) is 0 Å². The third kappa shape index (κ3) is 2.19. The molecule has 0 unspecified atom stereocenters. The number of rotatable bonds is 2. The fourth-order valence-corrected chi connectivity index (χ4v) is 2.34. The van der Waals surface area contributed by atoms with Gasteiger partial charge in [-0.1, -0.05) is 11.2 Å². The van der Waals surface area contributed by atoms with Gasteiger partial charge >= 0.3 is 0 Å². The number of carbonyl (C=O) groups excluding carboxylic acids is 1. The summed E-state index contributed by atoms with van der Waals surface area (Å²) in [7, 11) is 0. The summed E-state index contributed by atoms with van der Waals surface area (Å²) < 4.78 is 5.14. The number of likely N-dealkylation sites (tertiary alicyclic amines) is 1. The van der Waals surface area contributed by atoms with Crippen molar-refractivity contribution in [1.82, 2.24) is 15.0 Å². The summed E-state index contributed by atoms with van der Waals surface area (Å²) in [6.07, 6.45) is 0. The van der Waals surface area contributed by atoms with Gasteiger partial charge in [-0.25, -0.2) is 0 Å². The highest BCUT2D eigenvalue weighted by Gasteiger charge is 2.35. The number of aromatic nitrogens is 2. The van der Waals surface area contributed by atoms with Crippen LogP contribution in [0.5, 0.6) is 0 Å². The molecule has 1 aromatic heterocycles. The Hall–Kier alpha value is -2.17. The number of hydrogen-bond acceptors (Lipinski definition) is 4. The molecule has 1 aliphatic rings. The van der Waals surface area contributed by atoms with Crippen LogP contribution in [-0.2, 0) is 0 Å². The van der Waals surface area contributed by atoms with Crippen molar-refractivity contribution >= 4 is 5.91 Å². The molecular weight excluding hydrogens is 254 g/mol. The van der Waals surface area contributed by atoms with Crippen LogP contribution in [0.1, 0.15) is 39.1 Å². The van der Waals surface area contributed by atoms with E-state index in [2.05, 4.69) is 10.1 Å². The smallest absolute Gasteiger partial charge is 0.253 e. The van der Waals surface area contributed by atoms with Gasteiger partial charge in [0.05, 0.1) is 5.92 Å². The number of hydrogen-bond donors (Lipinski definition) is 0. The van der Waals surface area contributed by atoms with Crippen LogP contribution >= 0.6 is 0 Å². The van der Waals surface area contributed by atoms with Gasteiger partial charge < -0.3 is 9.42 Å². The monoisotopic (exact) mass is 271 g/mol. The molecule has 0 aliphatic carbocycles. The maximum Gasteiger partial charge on any atom is 0.253 e. The zero-order valence-electron chi connectivity index (χ0n) is 11.9. The summed E-state index contributed by atoms with van der Waals surface area (Å²) in [5.41, 5.74) is 3.08. The Morgan fingerprint density at radius 1 is 1.25 bits per heavy atom. The molecule has 3 rings (SSSR count). The summed E-state index contributed by atoms with van der Waals surface area (Å²) in [4.78, 5) is 18.4. The molecule has 1 aromatic carbocycles. The predicted octanol–water partition coefficient (Wildman–Crippen LogP) is 2.23. The lowest BCUT2D eigenvalue weighted by Gasteiger charge is -2.37. The van der Waals surface area contributed by atoms with E-state index in [0.717, 1.165) is 11.1 Å². The molecule has 1 saturated heterocycles. The van der Waals surface area contributed by atoms with Gasteiger partial charge in [0.2, 0.25) is 5.89 Å². The van der Waals surface area contributed by atoms with E-state index >= 15 is 0 Å². The van der Waals surface area contributed by atoms with Gasteiger partial charge in [-0.15, -0.1) is 0 Å². The van der Waals surface area contributed by atoms with Crippen molar-refractivity contribution in [3.8, 4) is 0 Å². The van der Waals surface area contributed by atoms with E-state index in [0.29, 0.717) is 24.8 Å². The topological polar surface area (TPSA) is 59.2 Å². The first kappa shape index (κ1) is 12.8. The number of aryl methyl sites for hydroxylation is 3. The summed E-state index contributed by atoms with van der Waals surface area (Å²) in [6.45, 7) is 7.15. The van der Waals surface area contributed by atoms with Crippen molar-refractivity contribution < 1.29 is 9.32 Å². The molecule has 0 bridgehead atoms. The quantitative estimate of drug-likeness (QED) is 0.840. The minimum Gasteiger partial charge on any atom is -0.339 e. The molecule has 5 nitrogen and oxygen atoms in total. The molecule has 2 heterocycles. The molecule has 0 atom stereocenters. The summed E-state index contributed by atoms with van der Waals surface area (Å²) in [6, 6.07) is 5.82.